The number of aliphatic hydroxyl groups excluding tert-OH is 1. The van der Waals surface area contributed by atoms with Crippen LogP contribution in [0.4, 0.5) is 5.82 Å². The number of carbonyl (C=O) groups excluding carboxylic acids is 1. The van der Waals surface area contributed by atoms with Gasteiger partial charge < -0.3 is 29.7 Å². The molecule has 4 aromatic rings. The van der Waals surface area contributed by atoms with E-state index in [4.69, 9.17) is 14.5 Å². The van der Waals surface area contributed by atoms with E-state index in [1.807, 2.05) is 48.5 Å². The van der Waals surface area contributed by atoms with E-state index >= 15 is 0 Å². The Labute approximate surface area is 251 Å². The molecule has 4 heterocycles. The summed E-state index contributed by atoms with van der Waals surface area (Å²) in [5, 5.41) is 15.3. The van der Waals surface area contributed by atoms with Crippen LogP contribution >= 0.6 is 0 Å². The molecule has 1 amide bonds. The quantitative estimate of drug-likeness (QED) is 0.318. The fraction of sp³-hybridized carbons (Fsp3) is 0.371. The van der Waals surface area contributed by atoms with Gasteiger partial charge >= 0.3 is 0 Å². The minimum absolute atomic E-state index is 0.0485. The molecule has 3 aromatic carbocycles. The highest BCUT2D eigenvalue weighted by Gasteiger charge is 2.34. The molecule has 2 N–H and O–H groups in total. The summed E-state index contributed by atoms with van der Waals surface area (Å²) in [6, 6.07) is 22.0. The highest BCUT2D eigenvalue weighted by Crippen LogP contribution is 2.38. The van der Waals surface area contributed by atoms with Gasteiger partial charge in [0.25, 0.3) is 5.91 Å². The number of likely N-dealkylation sites (tertiary alicyclic amines) is 2. The predicted octanol–water partition coefficient (Wildman–Crippen LogP) is 5.40. The van der Waals surface area contributed by atoms with Gasteiger partial charge in [-0.05, 0) is 91.4 Å². The minimum atomic E-state index is -0.564. The second-order valence-corrected chi connectivity index (χ2v) is 12.2. The number of benzene rings is 3. The van der Waals surface area contributed by atoms with Crippen LogP contribution in [-0.2, 0) is 6.42 Å². The van der Waals surface area contributed by atoms with Gasteiger partial charge in [-0.3, -0.25) is 4.79 Å². The van der Waals surface area contributed by atoms with Crippen LogP contribution in [0.5, 0.6) is 11.5 Å². The average Bonchev–Trinajstić information content (AvgIpc) is 3.85. The third-order valence-corrected chi connectivity index (χ3v) is 9.56. The van der Waals surface area contributed by atoms with Crippen molar-refractivity contribution in [3.05, 3.63) is 83.4 Å². The van der Waals surface area contributed by atoms with Crippen LogP contribution in [0.3, 0.4) is 0 Å². The van der Waals surface area contributed by atoms with Gasteiger partial charge in [0.15, 0.2) is 11.5 Å². The maximum atomic E-state index is 14.5. The SMILES string of the molecule is O=C(c1cc(N[C@@H]2c3ccccc3C[C@@H]2O)nc2ccc(-c3ccc4c(c3)OCO4)cc12)N1CCC[C@H]1CN1CCCC1. The lowest BCUT2D eigenvalue weighted by Crippen LogP contribution is -2.42. The number of aliphatic hydroxyl groups is 1. The topological polar surface area (TPSA) is 87.2 Å². The lowest BCUT2D eigenvalue weighted by Gasteiger charge is -2.29. The minimum Gasteiger partial charge on any atom is -0.454 e. The summed E-state index contributed by atoms with van der Waals surface area (Å²) in [5.74, 6) is 2.12. The number of amides is 1. The van der Waals surface area contributed by atoms with E-state index in [0.717, 1.165) is 83.7 Å². The Bertz CT molecular complexity index is 1700. The molecular weight excluding hydrogens is 540 g/mol. The number of nitrogens with zero attached hydrogens (tertiary/aromatic N) is 3. The number of hydrogen-bond acceptors (Lipinski definition) is 7. The molecule has 0 saturated carbocycles. The molecular formula is C35H36N4O4. The zero-order chi connectivity index (χ0) is 28.9. The van der Waals surface area contributed by atoms with Gasteiger partial charge in [-0.25, -0.2) is 4.98 Å². The Morgan fingerprint density at radius 2 is 1.74 bits per heavy atom. The Balaban J connectivity index is 1.19. The summed E-state index contributed by atoms with van der Waals surface area (Å²) in [4.78, 5) is 24.0. The van der Waals surface area contributed by atoms with Crippen LogP contribution in [0, 0.1) is 0 Å². The summed E-state index contributed by atoms with van der Waals surface area (Å²) in [7, 11) is 0. The number of aromatic nitrogens is 1. The molecule has 2 saturated heterocycles. The van der Waals surface area contributed by atoms with Gasteiger partial charge in [0, 0.05) is 30.9 Å². The second-order valence-electron chi connectivity index (χ2n) is 12.2. The largest absolute Gasteiger partial charge is 0.454 e. The Kier molecular flexibility index (Phi) is 6.68. The zero-order valence-corrected chi connectivity index (χ0v) is 24.2. The fourth-order valence-corrected chi connectivity index (χ4v) is 7.35. The summed E-state index contributed by atoms with van der Waals surface area (Å²) in [6.07, 6.45) is 4.56. The van der Waals surface area contributed by atoms with Crippen molar-refractivity contribution >= 4 is 22.6 Å². The summed E-state index contributed by atoms with van der Waals surface area (Å²) >= 11 is 0. The number of anilines is 1. The highest BCUT2D eigenvalue weighted by molar-refractivity contribution is 6.08. The summed E-state index contributed by atoms with van der Waals surface area (Å²) in [5.41, 5.74) is 5.58. The van der Waals surface area contributed by atoms with Crippen molar-refractivity contribution in [1.82, 2.24) is 14.8 Å². The van der Waals surface area contributed by atoms with Crippen molar-refractivity contribution in [3.8, 4) is 22.6 Å². The van der Waals surface area contributed by atoms with E-state index in [0.29, 0.717) is 17.8 Å². The molecule has 2 fully saturated rings. The number of hydrogen-bond donors (Lipinski definition) is 2. The van der Waals surface area contributed by atoms with Gasteiger partial charge in [0.2, 0.25) is 6.79 Å². The van der Waals surface area contributed by atoms with Crippen molar-refractivity contribution in [2.75, 3.05) is 38.3 Å². The molecule has 0 unspecified atom stereocenters. The molecule has 3 aliphatic heterocycles. The first-order valence-electron chi connectivity index (χ1n) is 15.5. The smallest absolute Gasteiger partial charge is 0.254 e. The van der Waals surface area contributed by atoms with Crippen molar-refractivity contribution in [2.45, 2.75) is 50.3 Å². The number of nitrogens with one attached hydrogen (secondary N) is 1. The summed E-state index contributed by atoms with van der Waals surface area (Å²) < 4.78 is 11.1. The number of fused-ring (bicyclic) bond motifs is 3. The molecule has 220 valence electrons. The lowest BCUT2D eigenvalue weighted by molar-refractivity contribution is 0.0710. The van der Waals surface area contributed by atoms with E-state index in [2.05, 4.69) is 33.3 Å². The normalized spacial score (nSPS) is 22.8. The third kappa shape index (κ3) is 4.88. The van der Waals surface area contributed by atoms with Crippen LogP contribution in [0.15, 0.2) is 66.7 Å². The van der Waals surface area contributed by atoms with Crippen molar-refractivity contribution in [2.24, 2.45) is 0 Å². The van der Waals surface area contributed by atoms with E-state index in [1.165, 1.54) is 12.8 Å². The van der Waals surface area contributed by atoms with Crippen LogP contribution in [-0.4, -0.2) is 70.9 Å². The Morgan fingerprint density at radius 1 is 0.930 bits per heavy atom. The zero-order valence-electron chi connectivity index (χ0n) is 24.2. The van der Waals surface area contributed by atoms with E-state index in [-0.39, 0.29) is 24.8 Å². The Morgan fingerprint density at radius 3 is 2.65 bits per heavy atom. The van der Waals surface area contributed by atoms with Crippen LogP contribution < -0.4 is 14.8 Å². The molecule has 8 rings (SSSR count). The fourth-order valence-electron chi connectivity index (χ4n) is 7.35. The molecule has 8 nitrogen and oxygen atoms in total. The number of carbonyl (C=O) groups is 1. The molecule has 8 heteroatoms. The molecule has 1 aliphatic carbocycles. The van der Waals surface area contributed by atoms with Crippen LogP contribution in [0.25, 0.3) is 22.0 Å². The van der Waals surface area contributed by atoms with Gasteiger partial charge in [-0.15, -0.1) is 0 Å². The third-order valence-electron chi connectivity index (χ3n) is 9.56. The molecule has 0 bridgehead atoms. The van der Waals surface area contributed by atoms with Crippen molar-refractivity contribution in [3.63, 3.8) is 0 Å². The summed E-state index contributed by atoms with van der Waals surface area (Å²) in [6.45, 7) is 4.17. The van der Waals surface area contributed by atoms with Gasteiger partial charge in [0.05, 0.1) is 23.2 Å². The first kappa shape index (κ1) is 26.5. The average molecular weight is 577 g/mol. The maximum absolute atomic E-state index is 14.5. The number of ether oxygens (including phenoxy) is 2. The first-order valence-corrected chi connectivity index (χ1v) is 15.5. The maximum Gasteiger partial charge on any atom is 0.254 e. The molecule has 3 atom stereocenters. The Hall–Kier alpha value is -4.14. The van der Waals surface area contributed by atoms with E-state index in [9.17, 15) is 9.90 Å². The van der Waals surface area contributed by atoms with Crippen molar-refractivity contribution in [1.29, 1.82) is 0 Å². The molecule has 43 heavy (non-hydrogen) atoms. The highest BCUT2D eigenvalue weighted by atomic mass is 16.7. The molecule has 0 spiro atoms. The van der Waals surface area contributed by atoms with Crippen LogP contribution in [0.1, 0.15) is 53.2 Å². The van der Waals surface area contributed by atoms with E-state index < -0.39 is 6.10 Å². The predicted molar refractivity (Wildman–Crippen MR) is 166 cm³/mol. The van der Waals surface area contributed by atoms with Gasteiger partial charge in [-0.1, -0.05) is 36.4 Å². The van der Waals surface area contributed by atoms with Crippen LogP contribution in [0.2, 0.25) is 0 Å². The lowest BCUT2D eigenvalue weighted by atomic mass is 9.99. The molecule has 1 aromatic heterocycles. The monoisotopic (exact) mass is 576 g/mol. The second kappa shape index (κ2) is 10.8. The molecule has 0 radical (unpaired) electrons. The van der Waals surface area contributed by atoms with E-state index in [1.54, 1.807) is 0 Å². The van der Waals surface area contributed by atoms with Crippen molar-refractivity contribution < 1.29 is 19.4 Å². The molecule has 4 aliphatic rings. The first-order chi connectivity index (χ1) is 21.1. The number of rotatable bonds is 6. The van der Waals surface area contributed by atoms with Gasteiger partial charge in [-0.2, -0.15) is 0 Å². The standard InChI is InChI=1S/C35H36N4O4/c40-30-17-24-6-1-2-8-26(24)34(30)37-33-19-28(35(41)39-15-5-7-25(39)20-38-13-3-4-14-38)27-16-22(9-11-29(27)36-33)23-10-12-31-32(18-23)43-21-42-31/h1-2,6,8-12,16,18-19,25,30,34,40H,3-5,7,13-15,17,20-21H2,(H,36,37)/t25-,30-,34+/m0/s1. The number of pyridine rings is 1. The van der Waals surface area contributed by atoms with Gasteiger partial charge in [0.1, 0.15) is 5.82 Å².